The molecule has 4 rings (SSSR count). The van der Waals surface area contributed by atoms with E-state index < -0.39 is 0 Å². The summed E-state index contributed by atoms with van der Waals surface area (Å²) in [6.07, 6.45) is 1.19. The van der Waals surface area contributed by atoms with Crippen LogP contribution in [0.4, 0.5) is 0 Å². The molecule has 0 amide bonds. The standard InChI is InChI=1S/C19H21BrN2O2/c1-24-18-6-5-16(20)8-15(18)12-21-9-13-7-14(11-21)17-3-2-4-19(23)22(17)10-13/h2-6,8,13-14H,7,9-12H2,1H3. The third-order valence-corrected chi connectivity index (χ3v) is 5.69. The molecule has 2 bridgehead atoms. The first-order valence-corrected chi connectivity index (χ1v) is 9.18. The van der Waals surface area contributed by atoms with Gasteiger partial charge in [0.2, 0.25) is 0 Å². The van der Waals surface area contributed by atoms with E-state index in [4.69, 9.17) is 4.74 Å². The normalized spacial score (nSPS) is 22.9. The monoisotopic (exact) mass is 388 g/mol. The Morgan fingerprint density at radius 3 is 2.92 bits per heavy atom. The van der Waals surface area contributed by atoms with Crippen LogP contribution in [-0.2, 0) is 13.1 Å². The first-order chi connectivity index (χ1) is 11.6. The van der Waals surface area contributed by atoms with Crippen LogP contribution >= 0.6 is 15.9 Å². The van der Waals surface area contributed by atoms with Crippen LogP contribution in [0.2, 0.25) is 0 Å². The fourth-order valence-corrected chi connectivity index (χ4v) is 4.64. The molecule has 0 saturated carbocycles. The second kappa shape index (κ2) is 6.37. The van der Waals surface area contributed by atoms with Crippen molar-refractivity contribution in [3.63, 3.8) is 0 Å². The summed E-state index contributed by atoms with van der Waals surface area (Å²) in [4.78, 5) is 14.6. The second-order valence-electron chi connectivity index (χ2n) is 6.85. The van der Waals surface area contributed by atoms with Crippen LogP contribution in [0.15, 0.2) is 45.7 Å². The molecule has 4 nitrogen and oxygen atoms in total. The summed E-state index contributed by atoms with van der Waals surface area (Å²) in [6.45, 7) is 3.76. The van der Waals surface area contributed by atoms with Gasteiger partial charge in [-0.2, -0.15) is 0 Å². The lowest BCUT2D eigenvalue weighted by Gasteiger charge is -2.42. The highest BCUT2D eigenvalue weighted by Crippen LogP contribution is 2.36. The largest absolute Gasteiger partial charge is 0.496 e. The van der Waals surface area contributed by atoms with E-state index in [9.17, 15) is 4.79 Å². The van der Waals surface area contributed by atoms with E-state index >= 15 is 0 Å². The van der Waals surface area contributed by atoms with Crippen molar-refractivity contribution in [1.82, 2.24) is 9.47 Å². The number of nitrogens with zero attached hydrogens (tertiary/aromatic N) is 2. The number of piperidine rings is 1. The minimum absolute atomic E-state index is 0.143. The molecule has 0 aliphatic carbocycles. The van der Waals surface area contributed by atoms with Gasteiger partial charge in [0.25, 0.3) is 5.56 Å². The number of benzene rings is 1. The van der Waals surface area contributed by atoms with Crippen LogP contribution in [0.3, 0.4) is 0 Å². The van der Waals surface area contributed by atoms with Gasteiger partial charge in [0.05, 0.1) is 7.11 Å². The topological polar surface area (TPSA) is 34.5 Å². The number of hydrogen-bond donors (Lipinski definition) is 0. The highest BCUT2D eigenvalue weighted by molar-refractivity contribution is 9.10. The van der Waals surface area contributed by atoms with Crippen molar-refractivity contribution in [2.24, 2.45) is 5.92 Å². The zero-order valence-corrected chi connectivity index (χ0v) is 15.3. The number of halogens is 1. The Morgan fingerprint density at radius 2 is 2.08 bits per heavy atom. The van der Waals surface area contributed by atoms with Crippen molar-refractivity contribution in [3.8, 4) is 5.75 Å². The summed E-state index contributed by atoms with van der Waals surface area (Å²) < 4.78 is 8.57. The van der Waals surface area contributed by atoms with Crippen LogP contribution in [-0.4, -0.2) is 29.7 Å². The van der Waals surface area contributed by atoms with Crippen LogP contribution in [0.5, 0.6) is 5.75 Å². The van der Waals surface area contributed by atoms with Gasteiger partial charge >= 0.3 is 0 Å². The molecule has 5 heteroatoms. The van der Waals surface area contributed by atoms with Crippen molar-refractivity contribution in [3.05, 3.63) is 62.5 Å². The highest BCUT2D eigenvalue weighted by atomic mass is 79.9. The number of pyridine rings is 1. The van der Waals surface area contributed by atoms with Crippen molar-refractivity contribution < 1.29 is 4.74 Å². The van der Waals surface area contributed by atoms with Gasteiger partial charge in [-0.3, -0.25) is 9.69 Å². The quantitative estimate of drug-likeness (QED) is 0.809. The molecule has 3 heterocycles. The molecule has 24 heavy (non-hydrogen) atoms. The van der Waals surface area contributed by atoms with Crippen LogP contribution in [0.1, 0.15) is 23.6 Å². The van der Waals surface area contributed by atoms with E-state index in [0.717, 1.165) is 36.4 Å². The molecule has 0 spiro atoms. The number of fused-ring (bicyclic) bond motifs is 4. The van der Waals surface area contributed by atoms with Gasteiger partial charge in [-0.15, -0.1) is 0 Å². The first kappa shape index (κ1) is 15.9. The van der Waals surface area contributed by atoms with Crippen molar-refractivity contribution in [2.45, 2.75) is 25.4 Å². The number of methoxy groups -OCH3 is 1. The van der Waals surface area contributed by atoms with Crippen LogP contribution in [0, 0.1) is 5.92 Å². The number of rotatable bonds is 3. The third-order valence-electron chi connectivity index (χ3n) is 5.19. The Kier molecular flexibility index (Phi) is 4.22. The van der Waals surface area contributed by atoms with E-state index in [1.54, 1.807) is 13.2 Å². The summed E-state index contributed by atoms with van der Waals surface area (Å²) in [7, 11) is 1.72. The molecule has 0 radical (unpaired) electrons. The predicted molar refractivity (Wildman–Crippen MR) is 97.5 cm³/mol. The SMILES string of the molecule is COc1ccc(Br)cc1CN1CC2CC(C1)c1cccc(=O)n1C2. The van der Waals surface area contributed by atoms with E-state index in [1.807, 2.05) is 22.8 Å². The Hall–Kier alpha value is -1.59. The fraction of sp³-hybridized carbons (Fsp3) is 0.421. The van der Waals surface area contributed by atoms with E-state index in [-0.39, 0.29) is 5.56 Å². The lowest BCUT2D eigenvalue weighted by molar-refractivity contribution is 0.113. The highest BCUT2D eigenvalue weighted by Gasteiger charge is 2.34. The molecule has 0 N–H and O–H groups in total. The molecule has 1 saturated heterocycles. The second-order valence-corrected chi connectivity index (χ2v) is 7.76. The summed E-state index contributed by atoms with van der Waals surface area (Å²) in [5.74, 6) is 1.93. The molecule has 2 aromatic rings. The van der Waals surface area contributed by atoms with Gasteiger partial charge in [0.1, 0.15) is 5.75 Å². The molecule has 2 unspecified atom stereocenters. The molecule has 1 fully saturated rings. The number of likely N-dealkylation sites (tertiary alicyclic amines) is 1. The molecular weight excluding hydrogens is 368 g/mol. The van der Waals surface area contributed by atoms with Gasteiger partial charge in [0, 0.05) is 53.9 Å². The number of aromatic nitrogens is 1. The predicted octanol–water partition coefficient (Wildman–Crippen LogP) is 3.24. The van der Waals surface area contributed by atoms with Gasteiger partial charge in [-0.05, 0) is 36.6 Å². The molecule has 1 aromatic carbocycles. The van der Waals surface area contributed by atoms with Gasteiger partial charge in [0.15, 0.2) is 0 Å². The van der Waals surface area contributed by atoms with Gasteiger partial charge < -0.3 is 9.30 Å². The fourth-order valence-electron chi connectivity index (χ4n) is 4.24. The maximum atomic E-state index is 12.1. The molecule has 1 aromatic heterocycles. The van der Waals surface area contributed by atoms with E-state index in [0.29, 0.717) is 11.8 Å². The van der Waals surface area contributed by atoms with Crippen molar-refractivity contribution in [1.29, 1.82) is 0 Å². The molecular formula is C19H21BrN2O2. The minimum Gasteiger partial charge on any atom is -0.496 e. The average molecular weight is 389 g/mol. The lowest BCUT2D eigenvalue weighted by Crippen LogP contribution is -2.46. The summed E-state index contributed by atoms with van der Waals surface area (Å²) in [6, 6.07) is 11.8. The zero-order valence-electron chi connectivity index (χ0n) is 13.7. The molecule has 126 valence electrons. The van der Waals surface area contributed by atoms with E-state index in [2.05, 4.69) is 33.0 Å². The van der Waals surface area contributed by atoms with Crippen molar-refractivity contribution >= 4 is 15.9 Å². The van der Waals surface area contributed by atoms with Crippen LogP contribution in [0.25, 0.3) is 0 Å². The molecule has 2 atom stereocenters. The first-order valence-electron chi connectivity index (χ1n) is 8.38. The Bertz CT molecular complexity index is 817. The van der Waals surface area contributed by atoms with Gasteiger partial charge in [-0.1, -0.05) is 22.0 Å². The average Bonchev–Trinajstić information content (AvgIpc) is 2.56. The zero-order chi connectivity index (χ0) is 16.7. The lowest BCUT2D eigenvalue weighted by atomic mass is 9.83. The van der Waals surface area contributed by atoms with E-state index in [1.165, 1.54) is 17.7 Å². The maximum absolute atomic E-state index is 12.1. The third kappa shape index (κ3) is 2.91. The Morgan fingerprint density at radius 1 is 1.21 bits per heavy atom. The van der Waals surface area contributed by atoms with Crippen LogP contribution < -0.4 is 10.3 Å². The van der Waals surface area contributed by atoms with Crippen molar-refractivity contribution in [2.75, 3.05) is 20.2 Å². The molecule has 2 aliphatic rings. The Labute approximate surface area is 150 Å². The maximum Gasteiger partial charge on any atom is 0.250 e. The van der Waals surface area contributed by atoms with Gasteiger partial charge in [-0.25, -0.2) is 0 Å². The minimum atomic E-state index is 0.143. The summed E-state index contributed by atoms with van der Waals surface area (Å²) in [5.41, 5.74) is 2.55. The summed E-state index contributed by atoms with van der Waals surface area (Å²) in [5, 5.41) is 0. The number of ether oxygens (including phenoxy) is 1. The molecule has 2 aliphatic heterocycles. The number of hydrogen-bond acceptors (Lipinski definition) is 3. The smallest absolute Gasteiger partial charge is 0.250 e. The Balaban J connectivity index is 1.59. The summed E-state index contributed by atoms with van der Waals surface area (Å²) >= 11 is 3.56.